The maximum absolute atomic E-state index is 13.3. The number of nitrogens with two attached hydrogens (primary N) is 2. The average Bonchev–Trinajstić information content (AvgIpc) is 2.19. The molecule has 0 aliphatic rings. The molecule has 0 fully saturated rings. The van der Waals surface area contributed by atoms with Crippen molar-refractivity contribution in [1.82, 2.24) is 0 Å². The van der Waals surface area contributed by atoms with Gasteiger partial charge in [-0.2, -0.15) is 0 Å². The highest BCUT2D eigenvalue weighted by Crippen LogP contribution is 2.26. The molecule has 0 saturated heterocycles. The number of benzene rings is 1. The zero-order chi connectivity index (χ0) is 13.0. The van der Waals surface area contributed by atoms with E-state index in [1.807, 2.05) is 13.8 Å². The molecule has 4 N–H and O–H groups in total. The maximum Gasteiger partial charge on any atom is 0.236 e. The molecule has 0 aliphatic carbocycles. The van der Waals surface area contributed by atoms with Gasteiger partial charge in [-0.25, -0.2) is 4.39 Å². The average molecular weight is 239 g/mol. The highest BCUT2D eigenvalue weighted by molar-refractivity contribution is 5.81. The van der Waals surface area contributed by atoms with E-state index in [0.29, 0.717) is 18.2 Å². The summed E-state index contributed by atoms with van der Waals surface area (Å²) in [6.45, 7) is 4.63. The summed E-state index contributed by atoms with van der Waals surface area (Å²) < 4.78 is 13.3. The summed E-state index contributed by atoms with van der Waals surface area (Å²) in [6.07, 6.45) is 0. The topological polar surface area (TPSA) is 72.3 Å². The van der Waals surface area contributed by atoms with Crippen LogP contribution in [0.1, 0.15) is 13.8 Å². The molecule has 0 saturated carbocycles. The van der Waals surface area contributed by atoms with Gasteiger partial charge < -0.3 is 16.4 Å². The van der Waals surface area contributed by atoms with Gasteiger partial charge in [0.15, 0.2) is 0 Å². The van der Waals surface area contributed by atoms with Crippen LogP contribution in [0.3, 0.4) is 0 Å². The molecule has 0 atom stereocenters. The van der Waals surface area contributed by atoms with Crippen molar-refractivity contribution in [2.24, 2.45) is 11.7 Å². The first-order valence-electron chi connectivity index (χ1n) is 5.49. The van der Waals surface area contributed by atoms with E-state index < -0.39 is 11.7 Å². The lowest BCUT2D eigenvalue weighted by atomic mass is 10.1. The largest absolute Gasteiger partial charge is 0.395 e. The summed E-state index contributed by atoms with van der Waals surface area (Å²) in [5, 5.41) is 0. The summed E-state index contributed by atoms with van der Waals surface area (Å²) in [5.41, 5.74) is 11.4. The molecule has 1 aromatic carbocycles. The molecule has 0 radical (unpaired) electrons. The lowest BCUT2D eigenvalue weighted by Gasteiger charge is -2.26. The Morgan fingerprint density at radius 3 is 2.65 bits per heavy atom. The van der Waals surface area contributed by atoms with E-state index in [9.17, 15) is 9.18 Å². The molecule has 0 spiro atoms. The molecule has 0 aromatic heterocycles. The van der Waals surface area contributed by atoms with Crippen molar-refractivity contribution in [2.45, 2.75) is 13.8 Å². The zero-order valence-corrected chi connectivity index (χ0v) is 10.1. The summed E-state index contributed by atoms with van der Waals surface area (Å²) in [6, 6.07) is 4.54. The Morgan fingerprint density at radius 2 is 2.12 bits per heavy atom. The van der Waals surface area contributed by atoms with Crippen molar-refractivity contribution in [3.63, 3.8) is 0 Å². The van der Waals surface area contributed by atoms with Gasteiger partial charge in [-0.1, -0.05) is 19.9 Å². The Labute approximate surface area is 100 Å². The van der Waals surface area contributed by atoms with Crippen LogP contribution in [0, 0.1) is 11.7 Å². The Bertz CT molecular complexity index is 407. The van der Waals surface area contributed by atoms with Crippen molar-refractivity contribution in [3.05, 3.63) is 24.0 Å². The van der Waals surface area contributed by atoms with Gasteiger partial charge in [-0.05, 0) is 18.1 Å². The predicted octanol–water partition coefficient (Wildman–Crippen LogP) is 1.36. The van der Waals surface area contributed by atoms with Crippen LogP contribution >= 0.6 is 0 Å². The number of amides is 1. The number of carbonyl (C=O) groups excluding carboxylic acids is 1. The molecule has 5 heteroatoms. The van der Waals surface area contributed by atoms with E-state index in [0.717, 1.165) is 0 Å². The van der Waals surface area contributed by atoms with Gasteiger partial charge in [-0.15, -0.1) is 0 Å². The summed E-state index contributed by atoms with van der Waals surface area (Å²) in [4.78, 5) is 12.7. The molecule has 1 aromatic rings. The fourth-order valence-electron chi connectivity index (χ4n) is 1.68. The van der Waals surface area contributed by atoms with Gasteiger partial charge in [0.1, 0.15) is 5.82 Å². The molecule has 0 bridgehead atoms. The van der Waals surface area contributed by atoms with Crippen molar-refractivity contribution in [3.8, 4) is 0 Å². The number of rotatable bonds is 5. The number of primary amides is 1. The smallest absolute Gasteiger partial charge is 0.236 e. The van der Waals surface area contributed by atoms with E-state index in [4.69, 9.17) is 11.5 Å². The van der Waals surface area contributed by atoms with Gasteiger partial charge in [0, 0.05) is 6.54 Å². The number of nitrogens with zero attached hydrogens (tertiary/aromatic N) is 1. The molecule has 17 heavy (non-hydrogen) atoms. The van der Waals surface area contributed by atoms with Crippen LogP contribution in [0.2, 0.25) is 0 Å². The Hall–Kier alpha value is -1.78. The second-order valence-electron chi connectivity index (χ2n) is 4.41. The van der Waals surface area contributed by atoms with Crippen LogP contribution in [0.5, 0.6) is 0 Å². The summed E-state index contributed by atoms with van der Waals surface area (Å²) in [5.74, 6) is -0.632. The minimum Gasteiger partial charge on any atom is -0.395 e. The first-order valence-corrected chi connectivity index (χ1v) is 5.49. The van der Waals surface area contributed by atoms with Gasteiger partial charge in [0.05, 0.1) is 17.9 Å². The zero-order valence-electron chi connectivity index (χ0n) is 10.1. The third kappa shape index (κ3) is 3.62. The van der Waals surface area contributed by atoms with E-state index in [-0.39, 0.29) is 12.2 Å². The van der Waals surface area contributed by atoms with Crippen LogP contribution in [0.4, 0.5) is 15.8 Å². The molecule has 0 aliphatic heterocycles. The van der Waals surface area contributed by atoms with E-state index in [1.54, 1.807) is 17.0 Å². The molecular formula is C12H18FN3O. The van der Waals surface area contributed by atoms with E-state index in [1.165, 1.54) is 6.07 Å². The number of nitrogen functional groups attached to an aromatic ring is 1. The molecule has 4 nitrogen and oxygen atoms in total. The van der Waals surface area contributed by atoms with Crippen LogP contribution in [0.25, 0.3) is 0 Å². The lowest BCUT2D eigenvalue weighted by molar-refractivity contribution is -0.116. The fraction of sp³-hybridized carbons (Fsp3) is 0.417. The number of anilines is 2. The van der Waals surface area contributed by atoms with E-state index >= 15 is 0 Å². The van der Waals surface area contributed by atoms with Crippen molar-refractivity contribution in [1.29, 1.82) is 0 Å². The third-order valence-corrected chi connectivity index (χ3v) is 2.30. The molecule has 0 unspecified atom stereocenters. The molecule has 1 rings (SSSR count). The molecular weight excluding hydrogens is 221 g/mol. The van der Waals surface area contributed by atoms with Crippen molar-refractivity contribution < 1.29 is 9.18 Å². The molecule has 94 valence electrons. The first kappa shape index (κ1) is 13.3. The number of para-hydroxylation sites is 1. The standard InChI is InChI=1S/C12H18FN3O/c1-8(2)6-16(7-11(14)17)10-5-3-4-9(13)12(10)15/h3-5,8H,6-7,15H2,1-2H3,(H2,14,17). The number of hydrogen-bond acceptors (Lipinski definition) is 3. The predicted molar refractivity (Wildman–Crippen MR) is 67.1 cm³/mol. The van der Waals surface area contributed by atoms with E-state index in [2.05, 4.69) is 0 Å². The Kier molecular flexibility index (Phi) is 4.31. The number of halogens is 1. The van der Waals surface area contributed by atoms with Gasteiger partial charge >= 0.3 is 0 Å². The number of hydrogen-bond donors (Lipinski definition) is 2. The van der Waals surface area contributed by atoms with Crippen LogP contribution < -0.4 is 16.4 Å². The maximum atomic E-state index is 13.3. The quantitative estimate of drug-likeness (QED) is 0.762. The van der Waals surface area contributed by atoms with Gasteiger partial charge in [0.2, 0.25) is 5.91 Å². The summed E-state index contributed by atoms with van der Waals surface area (Å²) in [7, 11) is 0. The lowest BCUT2D eigenvalue weighted by Crippen LogP contribution is -2.36. The first-order chi connectivity index (χ1) is 7.91. The summed E-state index contributed by atoms with van der Waals surface area (Å²) >= 11 is 0. The van der Waals surface area contributed by atoms with Crippen molar-refractivity contribution >= 4 is 17.3 Å². The molecule has 0 heterocycles. The highest BCUT2D eigenvalue weighted by Gasteiger charge is 2.15. The van der Waals surface area contributed by atoms with Crippen LogP contribution in [-0.2, 0) is 4.79 Å². The Morgan fingerprint density at radius 1 is 1.47 bits per heavy atom. The van der Waals surface area contributed by atoms with Crippen LogP contribution in [-0.4, -0.2) is 19.0 Å². The minimum absolute atomic E-state index is 0.0336. The fourth-order valence-corrected chi connectivity index (χ4v) is 1.68. The monoisotopic (exact) mass is 239 g/mol. The SMILES string of the molecule is CC(C)CN(CC(N)=O)c1cccc(F)c1N. The number of carbonyl (C=O) groups is 1. The highest BCUT2D eigenvalue weighted by atomic mass is 19.1. The van der Waals surface area contributed by atoms with Crippen molar-refractivity contribution in [2.75, 3.05) is 23.7 Å². The second-order valence-corrected chi connectivity index (χ2v) is 4.41. The second kappa shape index (κ2) is 5.52. The minimum atomic E-state index is -0.485. The van der Waals surface area contributed by atoms with Gasteiger partial charge in [-0.3, -0.25) is 4.79 Å². The van der Waals surface area contributed by atoms with Crippen LogP contribution in [0.15, 0.2) is 18.2 Å². The van der Waals surface area contributed by atoms with Gasteiger partial charge in [0.25, 0.3) is 0 Å². The molecule has 1 amide bonds. The Balaban J connectivity index is 3.03. The third-order valence-electron chi connectivity index (χ3n) is 2.30. The normalized spacial score (nSPS) is 10.6.